The number of nitrogens with one attached hydrogen (secondary N) is 1. The monoisotopic (exact) mass is 290 g/mol. The van der Waals surface area contributed by atoms with E-state index >= 15 is 0 Å². The molecule has 19 heavy (non-hydrogen) atoms. The molecule has 1 rings (SSSR count). The first kappa shape index (κ1) is 17.8. The first-order valence-corrected chi connectivity index (χ1v) is 5.88. The van der Waals surface area contributed by atoms with Gasteiger partial charge in [-0.05, 0) is 23.6 Å². The maximum Gasteiger partial charge on any atom is 0.237 e. The summed E-state index contributed by atoms with van der Waals surface area (Å²) in [4.78, 5) is 11.6. The number of aliphatic hydroxyl groups is 1. The van der Waals surface area contributed by atoms with Gasteiger partial charge in [-0.3, -0.25) is 4.79 Å². The molecule has 1 aromatic carbocycles. The molecule has 0 aliphatic carbocycles. The predicted molar refractivity (Wildman–Crippen MR) is 74.4 cm³/mol. The minimum Gasteiger partial charge on any atom is -0.387 e. The van der Waals surface area contributed by atoms with Crippen LogP contribution in [0.25, 0.3) is 0 Å². The van der Waals surface area contributed by atoms with Gasteiger partial charge in [-0.1, -0.05) is 26.0 Å². The third kappa shape index (κ3) is 5.55. The van der Waals surface area contributed by atoms with Gasteiger partial charge < -0.3 is 16.2 Å². The van der Waals surface area contributed by atoms with Crippen molar-refractivity contribution in [1.29, 1.82) is 0 Å². The molecule has 0 radical (unpaired) electrons. The molecule has 0 spiro atoms. The van der Waals surface area contributed by atoms with E-state index in [2.05, 4.69) is 5.32 Å². The molecule has 0 aromatic heterocycles. The molecule has 1 aromatic rings. The first-order chi connectivity index (χ1) is 8.41. The molecule has 4 nitrogen and oxygen atoms in total. The Balaban J connectivity index is 0.00000324. The van der Waals surface area contributed by atoms with Crippen molar-refractivity contribution in [3.05, 3.63) is 35.6 Å². The molecular weight excluding hydrogens is 271 g/mol. The highest BCUT2D eigenvalue weighted by Crippen LogP contribution is 2.12. The molecule has 4 N–H and O–H groups in total. The summed E-state index contributed by atoms with van der Waals surface area (Å²) >= 11 is 0. The lowest BCUT2D eigenvalue weighted by Gasteiger charge is -2.17. The minimum atomic E-state index is -0.867. The van der Waals surface area contributed by atoms with Crippen LogP contribution in [0.1, 0.15) is 25.5 Å². The predicted octanol–water partition coefficient (Wildman–Crippen LogP) is 1.38. The van der Waals surface area contributed by atoms with Gasteiger partial charge in [-0.2, -0.15) is 0 Å². The maximum absolute atomic E-state index is 12.7. The molecule has 0 heterocycles. The normalized spacial score (nSPS) is 13.6. The molecule has 6 heteroatoms. The number of hydrogen-bond donors (Lipinski definition) is 3. The summed E-state index contributed by atoms with van der Waals surface area (Å²) in [6, 6.07) is 4.90. The van der Waals surface area contributed by atoms with E-state index in [1.165, 1.54) is 24.3 Å². The number of amides is 1. The second-order valence-electron chi connectivity index (χ2n) is 4.58. The third-order valence-corrected chi connectivity index (χ3v) is 2.75. The Hall–Kier alpha value is -1.17. The largest absolute Gasteiger partial charge is 0.387 e. The molecule has 108 valence electrons. The van der Waals surface area contributed by atoms with E-state index in [1.54, 1.807) is 0 Å². The molecule has 1 amide bonds. The van der Waals surface area contributed by atoms with E-state index in [9.17, 15) is 14.3 Å². The Morgan fingerprint density at radius 2 is 1.89 bits per heavy atom. The van der Waals surface area contributed by atoms with Crippen molar-refractivity contribution >= 4 is 18.3 Å². The van der Waals surface area contributed by atoms with Crippen LogP contribution in [-0.2, 0) is 4.79 Å². The van der Waals surface area contributed by atoms with Crippen molar-refractivity contribution in [2.75, 3.05) is 6.54 Å². The van der Waals surface area contributed by atoms with E-state index in [4.69, 9.17) is 5.73 Å². The van der Waals surface area contributed by atoms with Crippen LogP contribution in [0.3, 0.4) is 0 Å². The van der Waals surface area contributed by atoms with Crippen LogP contribution < -0.4 is 11.1 Å². The van der Waals surface area contributed by atoms with Gasteiger partial charge in [-0.15, -0.1) is 12.4 Å². The van der Waals surface area contributed by atoms with Crippen LogP contribution in [0.5, 0.6) is 0 Å². The van der Waals surface area contributed by atoms with Crippen molar-refractivity contribution in [2.45, 2.75) is 26.0 Å². The van der Waals surface area contributed by atoms with E-state index < -0.39 is 12.1 Å². The molecule has 1 unspecified atom stereocenters. The fourth-order valence-electron chi connectivity index (χ4n) is 1.42. The quantitative estimate of drug-likeness (QED) is 0.767. The average Bonchev–Trinajstić information content (AvgIpc) is 2.35. The van der Waals surface area contributed by atoms with Crippen molar-refractivity contribution < 1.29 is 14.3 Å². The highest BCUT2D eigenvalue weighted by atomic mass is 35.5. The van der Waals surface area contributed by atoms with Gasteiger partial charge in [0.25, 0.3) is 0 Å². The van der Waals surface area contributed by atoms with Crippen molar-refractivity contribution in [3.8, 4) is 0 Å². The Bertz CT molecular complexity index is 398. The summed E-state index contributed by atoms with van der Waals surface area (Å²) in [5.74, 6) is -0.629. The highest BCUT2D eigenvalue weighted by molar-refractivity contribution is 5.85. The van der Waals surface area contributed by atoms with Crippen LogP contribution in [-0.4, -0.2) is 23.6 Å². The van der Waals surface area contributed by atoms with Gasteiger partial charge in [0.2, 0.25) is 5.91 Å². The summed E-state index contributed by atoms with van der Waals surface area (Å²) in [7, 11) is 0. The molecule has 0 saturated carbocycles. The zero-order chi connectivity index (χ0) is 13.7. The summed E-state index contributed by atoms with van der Waals surface area (Å²) in [5, 5.41) is 12.4. The Morgan fingerprint density at radius 1 is 1.37 bits per heavy atom. The minimum absolute atomic E-state index is 0. The number of nitrogens with two attached hydrogens (primary N) is 1. The average molecular weight is 291 g/mol. The number of benzene rings is 1. The summed E-state index contributed by atoms with van der Waals surface area (Å²) in [5.41, 5.74) is 6.21. The van der Waals surface area contributed by atoms with Crippen molar-refractivity contribution in [1.82, 2.24) is 5.32 Å². The maximum atomic E-state index is 12.7. The van der Waals surface area contributed by atoms with Crippen LogP contribution in [0, 0.1) is 11.7 Å². The van der Waals surface area contributed by atoms with E-state index in [-0.39, 0.29) is 36.6 Å². The molecule has 0 fully saturated rings. The van der Waals surface area contributed by atoms with Crippen LogP contribution in [0.15, 0.2) is 24.3 Å². The molecular formula is C13H20ClFN2O2. The van der Waals surface area contributed by atoms with Gasteiger partial charge in [0.1, 0.15) is 5.82 Å². The standard InChI is InChI=1S/C13H19FN2O2.ClH/c1-8(2)12(15)13(18)16-7-11(17)9-3-5-10(14)6-4-9;/h3-6,8,11-12,17H,7,15H2,1-2H3,(H,16,18);1H/t11?,12-;/m0./s1. The number of hydrogen-bond acceptors (Lipinski definition) is 3. The Labute approximate surface area is 118 Å². The van der Waals surface area contributed by atoms with Gasteiger partial charge in [0.05, 0.1) is 12.1 Å². The van der Waals surface area contributed by atoms with E-state index in [1.807, 2.05) is 13.8 Å². The number of aliphatic hydroxyl groups excluding tert-OH is 1. The molecule has 0 bridgehead atoms. The second kappa shape index (κ2) is 8.09. The fourth-order valence-corrected chi connectivity index (χ4v) is 1.42. The fraction of sp³-hybridized carbons (Fsp3) is 0.462. The zero-order valence-corrected chi connectivity index (χ0v) is 11.8. The number of rotatable bonds is 5. The van der Waals surface area contributed by atoms with E-state index in [0.29, 0.717) is 5.56 Å². The smallest absolute Gasteiger partial charge is 0.237 e. The van der Waals surface area contributed by atoms with Crippen molar-refractivity contribution in [3.63, 3.8) is 0 Å². The third-order valence-electron chi connectivity index (χ3n) is 2.75. The molecule has 2 atom stereocenters. The summed E-state index contributed by atoms with van der Waals surface area (Å²) < 4.78 is 12.7. The summed E-state index contributed by atoms with van der Waals surface area (Å²) in [6.07, 6.45) is -0.867. The molecule has 0 aliphatic heterocycles. The van der Waals surface area contributed by atoms with Crippen molar-refractivity contribution in [2.24, 2.45) is 11.7 Å². The zero-order valence-electron chi connectivity index (χ0n) is 11.0. The van der Waals surface area contributed by atoms with Gasteiger partial charge in [-0.25, -0.2) is 4.39 Å². The SMILES string of the molecule is CC(C)[C@H](N)C(=O)NCC(O)c1ccc(F)cc1.Cl. The highest BCUT2D eigenvalue weighted by Gasteiger charge is 2.18. The lowest BCUT2D eigenvalue weighted by molar-refractivity contribution is -0.123. The number of halogens is 2. The van der Waals surface area contributed by atoms with Gasteiger partial charge in [0.15, 0.2) is 0 Å². The number of carbonyl (C=O) groups is 1. The number of carbonyl (C=O) groups excluding carboxylic acids is 1. The molecule has 0 aliphatic rings. The second-order valence-corrected chi connectivity index (χ2v) is 4.58. The molecule has 0 saturated heterocycles. The van der Waals surface area contributed by atoms with Gasteiger partial charge in [0, 0.05) is 6.54 Å². The van der Waals surface area contributed by atoms with Gasteiger partial charge >= 0.3 is 0 Å². The van der Waals surface area contributed by atoms with Crippen LogP contribution >= 0.6 is 12.4 Å². The Kier molecular flexibility index (Phi) is 7.59. The Morgan fingerprint density at radius 3 is 2.37 bits per heavy atom. The lowest BCUT2D eigenvalue weighted by atomic mass is 10.0. The summed E-state index contributed by atoms with van der Waals surface area (Å²) in [6.45, 7) is 3.76. The first-order valence-electron chi connectivity index (χ1n) is 5.88. The van der Waals surface area contributed by atoms with E-state index in [0.717, 1.165) is 0 Å². The van der Waals surface area contributed by atoms with Crippen LogP contribution in [0.2, 0.25) is 0 Å². The van der Waals surface area contributed by atoms with Crippen LogP contribution in [0.4, 0.5) is 4.39 Å². The lowest BCUT2D eigenvalue weighted by Crippen LogP contribution is -2.45. The topological polar surface area (TPSA) is 75.4 Å².